The van der Waals surface area contributed by atoms with Crippen LogP contribution in [0.3, 0.4) is 0 Å². The number of pyridine rings is 1. The van der Waals surface area contributed by atoms with E-state index >= 15 is 0 Å². The molecule has 0 saturated carbocycles. The molecule has 0 atom stereocenters. The lowest BCUT2D eigenvalue weighted by atomic mass is 10.1. The molecule has 5 nitrogen and oxygen atoms in total. The fourth-order valence-electron chi connectivity index (χ4n) is 2.25. The molecule has 0 aliphatic carbocycles. The average molecular weight is 453 g/mol. The molecule has 0 radical (unpaired) electrons. The van der Waals surface area contributed by atoms with E-state index in [1.54, 1.807) is 12.1 Å². The number of nitrogens with zero attached hydrogens (tertiary/aromatic N) is 1. The number of carboxylic acids is 1. The van der Waals surface area contributed by atoms with Crippen LogP contribution in [0.2, 0.25) is 0 Å². The van der Waals surface area contributed by atoms with E-state index < -0.39 is 5.97 Å². The highest BCUT2D eigenvalue weighted by Crippen LogP contribution is 2.41. The molecule has 0 bridgehead atoms. The number of aromatic hydroxyl groups is 1. The molecule has 0 aliphatic heterocycles. The number of carbonyl (C=O) groups is 1. The van der Waals surface area contributed by atoms with Crippen molar-refractivity contribution in [3.63, 3.8) is 0 Å². The highest BCUT2D eigenvalue weighted by atomic mass is 79.9. The third kappa shape index (κ3) is 3.09. The predicted molar refractivity (Wildman–Crippen MR) is 96.5 cm³/mol. The first kappa shape index (κ1) is 16.7. The SMILES string of the molecule is O=C(O)c1nc2c(OCc3ccccc3)c(Br)ccc2c(O)c1Br. The minimum absolute atomic E-state index is 0.0406. The molecule has 122 valence electrons. The molecule has 0 saturated heterocycles. The minimum atomic E-state index is -1.24. The maximum atomic E-state index is 11.3. The topological polar surface area (TPSA) is 79.7 Å². The monoisotopic (exact) mass is 451 g/mol. The van der Waals surface area contributed by atoms with Crippen molar-refractivity contribution in [2.45, 2.75) is 6.61 Å². The number of hydrogen-bond acceptors (Lipinski definition) is 4. The number of hydrogen-bond donors (Lipinski definition) is 2. The van der Waals surface area contributed by atoms with E-state index in [0.29, 0.717) is 22.2 Å². The number of rotatable bonds is 4. The Hall–Kier alpha value is -2.12. The van der Waals surface area contributed by atoms with E-state index in [1.807, 2.05) is 30.3 Å². The van der Waals surface area contributed by atoms with Gasteiger partial charge in [0.05, 0.1) is 8.95 Å². The Balaban J connectivity index is 2.12. The van der Waals surface area contributed by atoms with Gasteiger partial charge in [-0.1, -0.05) is 30.3 Å². The average Bonchev–Trinajstić information content (AvgIpc) is 2.57. The standard InChI is InChI=1S/C17H11Br2NO4/c18-11-7-6-10-13(20-14(17(22)23)12(19)15(10)21)16(11)24-8-9-4-2-1-3-5-9/h1-7H,8H2,(H,20,21)(H,22,23). The van der Waals surface area contributed by atoms with Gasteiger partial charge >= 0.3 is 5.97 Å². The number of carboxylic acid groups (broad SMARTS) is 1. The van der Waals surface area contributed by atoms with Crippen LogP contribution in [0, 0.1) is 0 Å². The van der Waals surface area contributed by atoms with Crippen LogP contribution in [0.5, 0.6) is 11.5 Å². The molecule has 1 aromatic heterocycles. The molecular formula is C17H11Br2NO4. The first-order valence-corrected chi connectivity index (χ1v) is 8.48. The number of fused-ring (bicyclic) bond motifs is 1. The molecule has 1 heterocycles. The van der Waals surface area contributed by atoms with E-state index in [4.69, 9.17) is 4.74 Å². The Morgan fingerprint density at radius 1 is 1.12 bits per heavy atom. The largest absolute Gasteiger partial charge is 0.506 e. The van der Waals surface area contributed by atoms with Crippen LogP contribution in [-0.4, -0.2) is 21.2 Å². The summed E-state index contributed by atoms with van der Waals surface area (Å²) in [6.07, 6.45) is 0. The van der Waals surface area contributed by atoms with Gasteiger partial charge in [-0.2, -0.15) is 0 Å². The quantitative estimate of drug-likeness (QED) is 0.597. The summed E-state index contributed by atoms with van der Waals surface area (Å²) >= 11 is 6.46. The molecule has 0 aliphatic rings. The Morgan fingerprint density at radius 3 is 2.50 bits per heavy atom. The van der Waals surface area contributed by atoms with Crippen molar-refractivity contribution < 1.29 is 19.7 Å². The fraction of sp³-hybridized carbons (Fsp3) is 0.0588. The highest BCUT2D eigenvalue weighted by molar-refractivity contribution is 9.11. The number of benzene rings is 2. The molecule has 3 aromatic rings. The molecule has 2 N–H and O–H groups in total. The third-order valence-corrected chi connectivity index (χ3v) is 4.78. The van der Waals surface area contributed by atoms with Gasteiger partial charge in [0.1, 0.15) is 17.9 Å². The zero-order valence-electron chi connectivity index (χ0n) is 12.2. The summed E-state index contributed by atoms with van der Waals surface area (Å²) in [5.41, 5.74) is 0.960. The summed E-state index contributed by atoms with van der Waals surface area (Å²) in [6.45, 7) is 0.291. The maximum absolute atomic E-state index is 11.3. The van der Waals surface area contributed by atoms with E-state index in [0.717, 1.165) is 5.56 Å². The van der Waals surface area contributed by atoms with E-state index in [1.165, 1.54) is 0 Å². The van der Waals surface area contributed by atoms with Crippen molar-refractivity contribution in [3.05, 3.63) is 62.7 Å². The Kier molecular flexibility index (Phi) is 4.73. The molecule has 3 rings (SSSR count). The lowest BCUT2D eigenvalue weighted by molar-refractivity contribution is 0.0689. The van der Waals surface area contributed by atoms with Crippen molar-refractivity contribution in [1.82, 2.24) is 4.98 Å². The van der Waals surface area contributed by atoms with Crippen LogP contribution in [-0.2, 0) is 6.61 Å². The van der Waals surface area contributed by atoms with Crippen molar-refractivity contribution in [2.24, 2.45) is 0 Å². The maximum Gasteiger partial charge on any atom is 0.355 e. The summed E-state index contributed by atoms with van der Waals surface area (Å²) in [7, 11) is 0. The number of aromatic carboxylic acids is 1. The van der Waals surface area contributed by atoms with Gasteiger partial charge in [-0.15, -0.1) is 0 Å². The van der Waals surface area contributed by atoms with Gasteiger partial charge in [0.25, 0.3) is 0 Å². The third-order valence-electron chi connectivity index (χ3n) is 3.41. The van der Waals surface area contributed by atoms with Crippen LogP contribution in [0.1, 0.15) is 16.1 Å². The van der Waals surface area contributed by atoms with Gasteiger partial charge in [0.15, 0.2) is 11.4 Å². The fourth-order valence-corrected chi connectivity index (χ4v) is 3.15. The number of aromatic nitrogens is 1. The van der Waals surface area contributed by atoms with E-state index in [2.05, 4.69) is 36.8 Å². The molecule has 7 heteroatoms. The molecule has 24 heavy (non-hydrogen) atoms. The molecule has 0 amide bonds. The van der Waals surface area contributed by atoms with Crippen molar-refractivity contribution in [2.75, 3.05) is 0 Å². The summed E-state index contributed by atoms with van der Waals surface area (Å²) in [4.78, 5) is 15.5. The first-order valence-electron chi connectivity index (χ1n) is 6.89. The Labute approximate surface area is 154 Å². The summed E-state index contributed by atoms with van der Waals surface area (Å²) in [5.74, 6) is -1.05. The van der Waals surface area contributed by atoms with Crippen LogP contribution in [0.15, 0.2) is 51.4 Å². The lowest BCUT2D eigenvalue weighted by Crippen LogP contribution is -2.04. The van der Waals surface area contributed by atoms with Gasteiger partial charge in [-0.05, 0) is 49.6 Å². The number of halogens is 2. The second kappa shape index (κ2) is 6.78. The van der Waals surface area contributed by atoms with Gasteiger partial charge in [0.2, 0.25) is 0 Å². The molecule has 0 spiro atoms. The summed E-state index contributed by atoms with van der Waals surface area (Å²) < 4.78 is 6.50. The second-order valence-electron chi connectivity index (χ2n) is 4.98. The smallest absolute Gasteiger partial charge is 0.355 e. The van der Waals surface area contributed by atoms with Gasteiger partial charge < -0.3 is 14.9 Å². The van der Waals surface area contributed by atoms with Gasteiger partial charge in [-0.3, -0.25) is 0 Å². The van der Waals surface area contributed by atoms with Gasteiger partial charge in [-0.25, -0.2) is 9.78 Å². The Morgan fingerprint density at radius 2 is 1.83 bits per heavy atom. The normalized spacial score (nSPS) is 10.8. The van der Waals surface area contributed by atoms with Crippen molar-refractivity contribution >= 4 is 48.7 Å². The zero-order chi connectivity index (χ0) is 17.3. The minimum Gasteiger partial charge on any atom is -0.506 e. The Bertz CT molecular complexity index is 929. The van der Waals surface area contributed by atoms with Crippen LogP contribution < -0.4 is 4.74 Å². The first-order chi connectivity index (χ1) is 11.5. The van der Waals surface area contributed by atoms with Crippen LogP contribution in [0.4, 0.5) is 0 Å². The van der Waals surface area contributed by atoms with Crippen molar-refractivity contribution in [3.8, 4) is 11.5 Å². The van der Waals surface area contributed by atoms with Gasteiger partial charge in [0, 0.05) is 5.39 Å². The molecule has 0 unspecified atom stereocenters. The summed E-state index contributed by atoms with van der Waals surface area (Å²) in [5, 5.41) is 19.9. The van der Waals surface area contributed by atoms with E-state index in [-0.39, 0.29) is 21.4 Å². The number of ether oxygens (including phenoxy) is 1. The zero-order valence-corrected chi connectivity index (χ0v) is 15.3. The molecule has 0 fully saturated rings. The highest BCUT2D eigenvalue weighted by Gasteiger charge is 2.21. The molecular weight excluding hydrogens is 442 g/mol. The second-order valence-corrected chi connectivity index (χ2v) is 6.62. The summed E-state index contributed by atoms with van der Waals surface area (Å²) in [6, 6.07) is 12.9. The lowest BCUT2D eigenvalue weighted by Gasteiger charge is -2.13. The van der Waals surface area contributed by atoms with Crippen LogP contribution in [0.25, 0.3) is 10.9 Å². The van der Waals surface area contributed by atoms with E-state index in [9.17, 15) is 15.0 Å². The molecule has 2 aromatic carbocycles. The predicted octanol–water partition coefficient (Wildman–Crippen LogP) is 4.74. The van der Waals surface area contributed by atoms with Crippen molar-refractivity contribution in [1.29, 1.82) is 0 Å². The van der Waals surface area contributed by atoms with Crippen LogP contribution >= 0.6 is 31.9 Å².